The summed E-state index contributed by atoms with van der Waals surface area (Å²) >= 11 is 0. The van der Waals surface area contributed by atoms with Gasteiger partial charge >= 0.3 is 0 Å². The lowest BCUT2D eigenvalue weighted by atomic mass is 10.3. The molecule has 0 unspecified atom stereocenters. The number of benzene rings is 1. The van der Waals surface area contributed by atoms with E-state index in [0.29, 0.717) is 5.69 Å². The maximum absolute atomic E-state index is 11.9. The number of anilines is 1. The average Bonchev–Trinajstić information content (AvgIpc) is 2.16. The number of rotatable bonds is 5. The number of nitrogens with one attached hydrogen (secondary N) is 1. The molecule has 0 aliphatic rings. The third-order valence-electron chi connectivity index (χ3n) is 1.69. The maximum atomic E-state index is 11.9. The first kappa shape index (κ1) is 11.8. The molecule has 0 heterocycles. The van der Waals surface area contributed by atoms with Crippen LogP contribution in [0.2, 0.25) is 0 Å². The van der Waals surface area contributed by atoms with Crippen molar-refractivity contribution < 1.29 is 13.5 Å². The van der Waals surface area contributed by atoms with Crippen LogP contribution in [-0.2, 0) is 0 Å². The predicted octanol–water partition coefficient (Wildman–Crippen LogP) is 3.15. The zero-order valence-corrected chi connectivity index (χ0v) is 8.84. The molecule has 84 valence electrons. The second-order valence-corrected chi connectivity index (χ2v) is 3.46. The fraction of sp³-hybridized carbons (Fsp3) is 0.455. The molecule has 0 fully saturated rings. The molecule has 1 aromatic carbocycles. The van der Waals surface area contributed by atoms with Crippen LogP contribution in [-0.4, -0.2) is 19.1 Å². The molecule has 0 atom stereocenters. The van der Waals surface area contributed by atoms with Crippen molar-refractivity contribution in [2.45, 2.75) is 26.4 Å². The van der Waals surface area contributed by atoms with Crippen molar-refractivity contribution in [2.24, 2.45) is 0 Å². The Balaban J connectivity index is 2.49. The molecular weight excluding hydrogens is 200 g/mol. The van der Waals surface area contributed by atoms with E-state index in [1.54, 1.807) is 24.3 Å². The highest BCUT2D eigenvalue weighted by Gasteiger charge is 2.02. The summed E-state index contributed by atoms with van der Waals surface area (Å²) in [6.07, 6.45) is -2.22. The summed E-state index contributed by atoms with van der Waals surface area (Å²) in [6.45, 7) is 3.54. The molecular formula is C11H15F2NO. The Morgan fingerprint density at radius 2 is 1.80 bits per heavy atom. The molecule has 0 aliphatic heterocycles. The summed E-state index contributed by atoms with van der Waals surface area (Å²) < 4.78 is 29.2. The number of hydrogen-bond donors (Lipinski definition) is 1. The van der Waals surface area contributed by atoms with Crippen LogP contribution in [0.4, 0.5) is 14.5 Å². The first-order valence-electron chi connectivity index (χ1n) is 4.86. The maximum Gasteiger partial charge on any atom is 0.255 e. The lowest BCUT2D eigenvalue weighted by molar-refractivity contribution is 0.163. The van der Waals surface area contributed by atoms with E-state index >= 15 is 0 Å². The van der Waals surface area contributed by atoms with Gasteiger partial charge in [-0.05, 0) is 38.1 Å². The second-order valence-electron chi connectivity index (χ2n) is 3.46. The topological polar surface area (TPSA) is 21.3 Å². The van der Waals surface area contributed by atoms with E-state index in [1.165, 1.54) is 0 Å². The number of halogens is 2. The van der Waals surface area contributed by atoms with Gasteiger partial charge in [0.2, 0.25) is 0 Å². The zero-order valence-electron chi connectivity index (χ0n) is 8.84. The molecule has 0 radical (unpaired) electrons. The van der Waals surface area contributed by atoms with Gasteiger partial charge in [0.1, 0.15) is 5.75 Å². The zero-order chi connectivity index (χ0) is 11.3. The van der Waals surface area contributed by atoms with Crippen molar-refractivity contribution in [3.8, 4) is 5.75 Å². The van der Waals surface area contributed by atoms with E-state index in [1.807, 2.05) is 13.8 Å². The van der Waals surface area contributed by atoms with Crippen molar-refractivity contribution in [1.82, 2.24) is 0 Å². The van der Waals surface area contributed by atoms with Gasteiger partial charge in [-0.3, -0.25) is 0 Å². The van der Waals surface area contributed by atoms with Crippen LogP contribution in [0.15, 0.2) is 24.3 Å². The van der Waals surface area contributed by atoms with Gasteiger partial charge in [0.25, 0.3) is 6.43 Å². The molecule has 4 heteroatoms. The molecule has 1 aromatic rings. The Morgan fingerprint density at radius 1 is 1.20 bits per heavy atom. The molecule has 15 heavy (non-hydrogen) atoms. The standard InChI is InChI=1S/C11H15F2NO/c1-8(2)15-10-5-3-9(4-6-10)14-7-11(12)13/h3-6,8,11,14H,7H2,1-2H3. The Morgan fingerprint density at radius 3 is 2.27 bits per heavy atom. The highest BCUT2D eigenvalue weighted by atomic mass is 19.3. The third-order valence-corrected chi connectivity index (χ3v) is 1.69. The van der Waals surface area contributed by atoms with E-state index in [4.69, 9.17) is 4.74 Å². The van der Waals surface area contributed by atoms with Crippen LogP contribution < -0.4 is 10.1 Å². The fourth-order valence-corrected chi connectivity index (χ4v) is 1.12. The van der Waals surface area contributed by atoms with Crippen LogP contribution in [0.1, 0.15) is 13.8 Å². The third kappa shape index (κ3) is 4.63. The van der Waals surface area contributed by atoms with Crippen LogP contribution in [0.5, 0.6) is 5.75 Å². The highest BCUT2D eigenvalue weighted by molar-refractivity contribution is 5.46. The molecule has 0 amide bonds. The number of hydrogen-bond acceptors (Lipinski definition) is 2. The molecule has 0 aliphatic carbocycles. The van der Waals surface area contributed by atoms with Crippen LogP contribution in [0, 0.1) is 0 Å². The van der Waals surface area contributed by atoms with Crippen LogP contribution >= 0.6 is 0 Å². The Labute approximate surface area is 88.3 Å². The van der Waals surface area contributed by atoms with Gasteiger partial charge in [-0.1, -0.05) is 0 Å². The van der Waals surface area contributed by atoms with E-state index in [0.717, 1.165) is 5.75 Å². The summed E-state index contributed by atoms with van der Waals surface area (Å²) in [4.78, 5) is 0. The first-order chi connectivity index (χ1) is 7.08. The fourth-order valence-electron chi connectivity index (χ4n) is 1.12. The van der Waals surface area contributed by atoms with Gasteiger partial charge in [-0.25, -0.2) is 8.78 Å². The summed E-state index contributed by atoms with van der Waals surface area (Å²) in [7, 11) is 0. The molecule has 0 bridgehead atoms. The minimum absolute atomic E-state index is 0.116. The van der Waals surface area contributed by atoms with Crippen LogP contribution in [0.3, 0.4) is 0 Å². The van der Waals surface area contributed by atoms with Crippen molar-refractivity contribution in [2.75, 3.05) is 11.9 Å². The van der Waals surface area contributed by atoms with Gasteiger partial charge in [-0.15, -0.1) is 0 Å². The van der Waals surface area contributed by atoms with Gasteiger partial charge < -0.3 is 10.1 Å². The number of ether oxygens (including phenoxy) is 1. The van der Waals surface area contributed by atoms with Crippen LogP contribution in [0.25, 0.3) is 0 Å². The largest absolute Gasteiger partial charge is 0.491 e. The summed E-state index contributed by atoms with van der Waals surface area (Å²) in [6, 6.07) is 6.96. The van der Waals surface area contributed by atoms with Gasteiger partial charge in [0.05, 0.1) is 12.6 Å². The highest BCUT2D eigenvalue weighted by Crippen LogP contribution is 2.16. The van der Waals surface area contributed by atoms with E-state index in [2.05, 4.69) is 5.32 Å². The Bertz CT molecular complexity index is 285. The lowest BCUT2D eigenvalue weighted by Crippen LogP contribution is -2.10. The minimum atomic E-state index is -2.34. The number of alkyl halides is 2. The van der Waals surface area contributed by atoms with Gasteiger partial charge in [0, 0.05) is 5.69 Å². The minimum Gasteiger partial charge on any atom is -0.491 e. The van der Waals surface area contributed by atoms with Crippen molar-refractivity contribution in [3.63, 3.8) is 0 Å². The Hall–Kier alpha value is -1.32. The molecule has 0 saturated heterocycles. The smallest absolute Gasteiger partial charge is 0.255 e. The normalized spacial score (nSPS) is 10.8. The van der Waals surface area contributed by atoms with E-state index in [-0.39, 0.29) is 12.6 Å². The predicted molar refractivity (Wildman–Crippen MR) is 56.7 cm³/mol. The van der Waals surface area contributed by atoms with Crippen molar-refractivity contribution in [1.29, 1.82) is 0 Å². The van der Waals surface area contributed by atoms with Gasteiger partial charge in [0.15, 0.2) is 0 Å². The molecule has 0 saturated carbocycles. The lowest BCUT2D eigenvalue weighted by Gasteiger charge is -2.10. The van der Waals surface area contributed by atoms with Gasteiger partial charge in [-0.2, -0.15) is 0 Å². The first-order valence-corrected chi connectivity index (χ1v) is 4.86. The SMILES string of the molecule is CC(C)Oc1ccc(NCC(F)F)cc1. The van der Waals surface area contributed by atoms with Crippen molar-refractivity contribution >= 4 is 5.69 Å². The molecule has 2 nitrogen and oxygen atoms in total. The van der Waals surface area contributed by atoms with E-state index < -0.39 is 6.43 Å². The summed E-state index contributed by atoms with van der Waals surface area (Å²) in [5.41, 5.74) is 0.673. The Kier molecular flexibility index (Phi) is 4.34. The summed E-state index contributed by atoms with van der Waals surface area (Å²) in [5, 5.41) is 2.62. The molecule has 0 aromatic heterocycles. The molecule has 0 spiro atoms. The monoisotopic (exact) mass is 215 g/mol. The van der Waals surface area contributed by atoms with E-state index in [9.17, 15) is 8.78 Å². The molecule has 1 N–H and O–H groups in total. The average molecular weight is 215 g/mol. The quantitative estimate of drug-likeness (QED) is 0.814. The van der Waals surface area contributed by atoms with Crippen molar-refractivity contribution in [3.05, 3.63) is 24.3 Å². The second kappa shape index (κ2) is 5.53. The molecule has 1 rings (SSSR count). The summed E-state index contributed by atoms with van der Waals surface area (Å²) in [5.74, 6) is 0.743.